The molecule has 0 saturated carbocycles. The summed E-state index contributed by atoms with van der Waals surface area (Å²) in [5, 5.41) is 19.4. The first kappa shape index (κ1) is 34.1. The van der Waals surface area contributed by atoms with E-state index < -0.39 is 12.3 Å². The van der Waals surface area contributed by atoms with Crippen LogP contribution in [0.2, 0.25) is 0 Å². The number of ketones is 1. The Balaban J connectivity index is 1.77. The first-order valence-corrected chi connectivity index (χ1v) is 14.4. The predicted octanol–water partition coefficient (Wildman–Crippen LogP) is 7.04. The van der Waals surface area contributed by atoms with Crippen molar-refractivity contribution in [1.29, 1.82) is 0 Å². The van der Waals surface area contributed by atoms with Crippen molar-refractivity contribution in [3.8, 4) is 5.75 Å². The van der Waals surface area contributed by atoms with Gasteiger partial charge in [-0.25, -0.2) is 4.79 Å². The maximum atomic E-state index is 12.2. The third-order valence-corrected chi connectivity index (χ3v) is 6.90. The molecule has 226 valence electrons. The lowest BCUT2D eigenvalue weighted by molar-refractivity contribution is -0.137. The van der Waals surface area contributed by atoms with Crippen molar-refractivity contribution >= 4 is 11.8 Å². The van der Waals surface area contributed by atoms with Crippen LogP contribution in [0.5, 0.6) is 5.75 Å². The zero-order chi connectivity index (χ0) is 30.8. The number of esters is 1. The summed E-state index contributed by atoms with van der Waals surface area (Å²) in [5.41, 5.74) is 5.40. The van der Waals surface area contributed by atoms with E-state index in [-0.39, 0.29) is 17.1 Å². The van der Waals surface area contributed by atoms with Gasteiger partial charge in [0.2, 0.25) is 0 Å². The minimum absolute atomic E-state index is 0.0718. The third kappa shape index (κ3) is 12.6. The first-order chi connectivity index (χ1) is 20.1. The molecule has 7 heteroatoms. The lowest BCUT2D eigenvalue weighted by atomic mass is 9.78. The van der Waals surface area contributed by atoms with Crippen LogP contribution in [0, 0.1) is 0 Å². The standard InChI is InChI=1S/C35H44O7/c1-5-32(37)40-25-11-7-9-13-30(36)22-17-27-15-18-28(19-16-27)35(3,4)29-20-23-31(24-21-29)42-34(39)14-10-8-12-26-41-33(38)6-2/h5,9,13,15-16,18-21,23-24,34,38-39H,1-2,7-8,10-12,14,17,22,25-26H2,3-4H3/b13-9+/t34-/m1/s1. The van der Waals surface area contributed by atoms with Crippen molar-refractivity contribution in [3.63, 3.8) is 0 Å². The average Bonchev–Trinajstić information content (AvgIpc) is 2.99. The number of aliphatic hydroxyl groups excluding tert-OH is 2. The topological polar surface area (TPSA) is 102 Å². The molecule has 42 heavy (non-hydrogen) atoms. The molecule has 0 saturated heterocycles. The second-order valence-corrected chi connectivity index (χ2v) is 10.5. The van der Waals surface area contributed by atoms with Crippen LogP contribution in [0.1, 0.15) is 75.5 Å². The molecule has 0 spiro atoms. The number of carbonyl (C=O) groups is 2. The second-order valence-electron chi connectivity index (χ2n) is 10.5. The van der Waals surface area contributed by atoms with E-state index in [1.165, 1.54) is 0 Å². The molecule has 2 rings (SSSR count). The molecule has 1 atom stereocenters. The second kappa shape index (κ2) is 18.4. The van der Waals surface area contributed by atoms with Gasteiger partial charge in [-0.2, -0.15) is 0 Å². The zero-order valence-corrected chi connectivity index (χ0v) is 24.8. The number of unbranched alkanes of at least 4 members (excludes halogenated alkanes) is 3. The van der Waals surface area contributed by atoms with E-state index in [1.54, 1.807) is 6.08 Å². The molecule has 2 N–H and O–H groups in total. The number of ether oxygens (including phenoxy) is 3. The maximum Gasteiger partial charge on any atom is 0.330 e. The fraction of sp³-hybridized carbons (Fsp3) is 0.400. The van der Waals surface area contributed by atoms with Gasteiger partial charge in [-0.05, 0) is 85.7 Å². The summed E-state index contributed by atoms with van der Waals surface area (Å²) >= 11 is 0. The smallest absolute Gasteiger partial charge is 0.330 e. The van der Waals surface area contributed by atoms with Crippen LogP contribution >= 0.6 is 0 Å². The number of hydrogen-bond donors (Lipinski definition) is 2. The fourth-order valence-corrected chi connectivity index (χ4v) is 4.24. The van der Waals surface area contributed by atoms with Crippen molar-refractivity contribution in [1.82, 2.24) is 0 Å². The zero-order valence-electron chi connectivity index (χ0n) is 24.8. The Bertz CT molecular complexity index is 1200. The molecule has 0 radical (unpaired) electrons. The molecular formula is C35H44O7. The van der Waals surface area contributed by atoms with E-state index in [1.807, 2.05) is 30.3 Å². The minimum atomic E-state index is -0.893. The molecule has 0 amide bonds. The summed E-state index contributed by atoms with van der Waals surface area (Å²) in [7, 11) is 0. The number of allylic oxidation sites excluding steroid dienone is 2. The van der Waals surface area contributed by atoms with Gasteiger partial charge in [-0.1, -0.05) is 62.9 Å². The van der Waals surface area contributed by atoms with Gasteiger partial charge >= 0.3 is 11.9 Å². The van der Waals surface area contributed by atoms with Gasteiger partial charge in [-0.3, -0.25) is 4.79 Å². The van der Waals surface area contributed by atoms with E-state index in [4.69, 9.17) is 19.3 Å². The van der Waals surface area contributed by atoms with E-state index >= 15 is 0 Å². The Morgan fingerprint density at radius 2 is 1.60 bits per heavy atom. The van der Waals surface area contributed by atoms with E-state index in [2.05, 4.69) is 57.0 Å². The van der Waals surface area contributed by atoms with Crippen LogP contribution in [-0.4, -0.2) is 41.5 Å². The van der Waals surface area contributed by atoms with E-state index in [0.717, 1.165) is 42.0 Å². The monoisotopic (exact) mass is 576 g/mol. The average molecular weight is 577 g/mol. The highest BCUT2D eigenvalue weighted by molar-refractivity contribution is 5.89. The highest BCUT2D eigenvalue weighted by Crippen LogP contribution is 2.33. The summed E-state index contributed by atoms with van der Waals surface area (Å²) in [6.45, 7) is 11.7. The van der Waals surface area contributed by atoms with Gasteiger partial charge in [0, 0.05) is 24.3 Å². The molecule has 0 aliphatic rings. The number of benzene rings is 2. The van der Waals surface area contributed by atoms with Gasteiger partial charge in [0.15, 0.2) is 12.1 Å². The minimum Gasteiger partial charge on any atom is -0.475 e. The van der Waals surface area contributed by atoms with Gasteiger partial charge in [0.25, 0.3) is 0 Å². The highest BCUT2D eigenvalue weighted by Gasteiger charge is 2.23. The van der Waals surface area contributed by atoms with E-state index in [9.17, 15) is 14.7 Å². The summed E-state index contributed by atoms with van der Waals surface area (Å²) in [5.74, 6) is -0.0504. The van der Waals surface area contributed by atoms with Crippen LogP contribution in [0.25, 0.3) is 0 Å². The molecule has 0 aliphatic heterocycles. The lowest BCUT2D eigenvalue weighted by Gasteiger charge is -2.26. The molecule has 2 aromatic carbocycles. The highest BCUT2D eigenvalue weighted by atomic mass is 16.6. The van der Waals surface area contributed by atoms with Gasteiger partial charge < -0.3 is 24.4 Å². The first-order valence-electron chi connectivity index (χ1n) is 14.4. The largest absolute Gasteiger partial charge is 0.475 e. The van der Waals surface area contributed by atoms with Crippen LogP contribution in [-0.2, 0) is 30.9 Å². The maximum absolute atomic E-state index is 12.2. The van der Waals surface area contributed by atoms with Gasteiger partial charge in [-0.15, -0.1) is 0 Å². The Kier molecular flexibility index (Phi) is 14.9. The number of rotatable bonds is 20. The molecule has 7 nitrogen and oxygen atoms in total. The fourth-order valence-electron chi connectivity index (χ4n) is 4.24. The number of aryl methyl sites for hydroxylation is 1. The summed E-state index contributed by atoms with van der Waals surface area (Å²) in [6, 6.07) is 16.1. The number of aliphatic hydroxyl groups is 2. The van der Waals surface area contributed by atoms with Crippen LogP contribution in [0.15, 0.2) is 91.6 Å². The van der Waals surface area contributed by atoms with Crippen LogP contribution in [0.3, 0.4) is 0 Å². The van der Waals surface area contributed by atoms with Crippen molar-refractivity contribution in [2.24, 2.45) is 0 Å². The van der Waals surface area contributed by atoms with Crippen LogP contribution in [0.4, 0.5) is 0 Å². The molecule has 0 aliphatic carbocycles. The lowest BCUT2D eigenvalue weighted by Crippen LogP contribution is -2.19. The van der Waals surface area contributed by atoms with Crippen LogP contribution < -0.4 is 4.74 Å². The number of carbonyl (C=O) groups excluding carboxylic acids is 2. The Hall–Kier alpha value is -4.06. The number of hydrogen-bond acceptors (Lipinski definition) is 7. The van der Waals surface area contributed by atoms with Crippen molar-refractivity contribution in [3.05, 3.63) is 108 Å². The normalized spacial score (nSPS) is 11.9. The molecule has 0 aromatic heterocycles. The molecule has 0 fully saturated rings. The van der Waals surface area contributed by atoms with Gasteiger partial charge in [0.05, 0.1) is 13.2 Å². The van der Waals surface area contributed by atoms with E-state index in [0.29, 0.717) is 51.1 Å². The molecule has 0 unspecified atom stereocenters. The summed E-state index contributed by atoms with van der Waals surface area (Å²) in [6.07, 6.45) is 8.96. The Morgan fingerprint density at radius 1 is 0.952 bits per heavy atom. The Morgan fingerprint density at radius 3 is 2.24 bits per heavy atom. The SMILES string of the molecule is C=C=C(O)OCCCCC[C@H](O)Oc1ccc(C(C)(C)c2ccc(CCC(=O)/C=C/CCCOC(=O)C=C)cc2)cc1. The van der Waals surface area contributed by atoms with Crippen molar-refractivity contribution < 1.29 is 34.0 Å². The molecule has 0 heterocycles. The molecule has 0 bridgehead atoms. The summed E-state index contributed by atoms with van der Waals surface area (Å²) < 4.78 is 15.6. The Labute approximate surface area is 249 Å². The third-order valence-electron chi connectivity index (χ3n) is 6.90. The van der Waals surface area contributed by atoms with Crippen molar-refractivity contribution in [2.45, 2.75) is 76.9 Å². The summed E-state index contributed by atoms with van der Waals surface area (Å²) in [4.78, 5) is 23.2. The molecular weight excluding hydrogens is 532 g/mol. The molecule has 2 aromatic rings. The predicted molar refractivity (Wildman–Crippen MR) is 164 cm³/mol. The van der Waals surface area contributed by atoms with Gasteiger partial charge in [0.1, 0.15) is 5.75 Å². The van der Waals surface area contributed by atoms with Crippen molar-refractivity contribution in [2.75, 3.05) is 13.2 Å². The quantitative estimate of drug-likeness (QED) is 0.0435.